The fourth-order valence-corrected chi connectivity index (χ4v) is 1.43. The molecule has 0 fully saturated rings. The summed E-state index contributed by atoms with van der Waals surface area (Å²) in [5, 5.41) is 12.0. The molecule has 0 bridgehead atoms. The van der Waals surface area contributed by atoms with E-state index in [1.807, 2.05) is 18.0 Å². The molecule has 1 aromatic heterocycles. The number of nitrogens with one attached hydrogen (secondary N) is 1. The lowest BCUT2D eigenvalue weighted by Gasteiger charge is -2.23. The van der Waals surface area contributed by atoms with Crippen molar-refractivity contribution in [3.05, 3.63) is 18.5 Å². The van der Waals surface area contributed by atoms with Gasteiger partial charge < -0.3 is 20.1 Å². The van der Waals surface area contributed by atoms with Gasteiger partial charge in [0.25, 0.3) is 0 Å². The van der Waals surface area contributed by atoms with Crippen molar-refractivity contribution in [2.75, 3.05) is 50.7 Å². The monoisotopic (exact) mass is 225 g/mol. The molecular formula is C11H19N3O2. The van der Waals surface area contributed by atoms with Gasteiger partial charge in [-0.2, -0.15) is 0 Å². The Bertz CT molecular complexity index is 307. The van der Waals surface area contributed by atoms with Crippen LogP contribution in [-0.2, 0) is 4.74 Å². The van der Waals surface area contributed by atoms with Crippen molar-refractivity contribution in [3.8, 4) is 0 Å². The molecule has 0 unspecified atom stereocenters. The molecule has 16 heavy (non-hydrogen) atoms. The third-order valence-electron chi connectivity index (χ3n) is 2.31. The summed E-state index contributed by atoms with van der Waals surface area (Å²) in [4.78, 5) is 6.18. The van der Waals surface area contributed by atoms with Crippen LogP contribution in [0.3, 0.4) is 0 Å². The topological polar surface area (TPSA) is 57.6 Å². The molecule has 2 N–H and O–H groups in total. The number of hydrogen-bond acceptors (Lipinski definition) is 5. The van der Waals surface area contributed by atoms with E-state index in [4.69, 9.17) is 9.84 Å². The van der Waals surface area contributed by atoms with E-state index in [1.165, 1.54) is 0 Å². The Hall–Kier alpha value is -1.33. The number of rotatable bonds is 7. The van der Waals surface area contributed by atoms with Crippen LogP contribution in [0.2, 0.25) is 0 Å². The summed E-state index contributed by atoms with van der Waals surface area (Å²) < 4.78 is 5.04. The third-order valence-corrected chi connectivity index (χ3v) is 2.31. The van der Waals surface area contributed by atoms with Gasteiger partial charge in [0.15, 0.2) is 0 Å². The smallest absolute Gasteiger partial charge is 0.0637 e. The fraction of sp³-hybridized carbons (Fsp3) is 0.545. The van der Waals surface area contributed by atoms with E-state index in [0.717, 1.165) is 17.9 Å². The summed E-state index contributed by atoms with van der Waals surface area (Å²) >= 11 is 0. The van der Waals surface area contributed by atoms with Crippen LogP contribution in [0.1, 0.15) is 0 Å². The lowest BCUT2D eigenvalue weighted by molar-refractivity contribution is 0.203. The van der Waals surface area contributed by atoms with Crippen LogP contribution in [-0.4, -0.2) is 50.6 Å². The Morgan fingerprint density at radius 3 is 2.88 bits per heavy atom. The highest BCUT2D eigenvalue weighted by atomic mass is 16.5. The van der Waals surface area contributed by atoms with E-state index in [2.05, 4.69) is 10.3 Å². The Morgan fingerprint density at radius 2 is 2.25 bits per heavy atom. The number of hydrogen-bond donors (Lipinski definition) is 2. The molecule has 0 aromatic carbocycles. The highest BCUT2D eigenvalue weighted by Gasteiger charge is 2.06. The lowest BCUT2D eigenvalue weighted by atomic mass is 10.3. The molecule has 5 heteroatoms. The molecule has 1 aromatic rings. The molecule has 0 saturated carbocycles. The van der Waals surface area contributed by atoms with Crippen LogP contribution >= 0.6 is 0 Å². The van der Waals surface area contributed by atoms with E-state index in [-0.39, 0.29) is 6.61 Å². The first kappa shape index (κ1) is 12.7. The number of aliphatic hydroxyl groups excluding tert-OH is 1. The molecule has 0 saturated heterocycles. The standard InChI is InChI=1S/C11H19N3O2/c1-12-10-7-11(9-13-8-10)14(3-5-15)4-6-16-2/h7-9,12,15H,3-6H2,1-2H3. The van der Waals surface area contributed by atoms with Gasteiger partial charge in [-0.3, -0.25) is 4.98 Å². The Labute approximate surface area is 96.1 Å². The predicted molar refractivity (Wildman–Crippen MR) is 65.0 cm³/mol. The summed E-state index contributed by atoms with van der Waals surface area (Å²) in [5.74, 6) is 0. The number of nitrogens with zero attached hydrogens (tertiary/aromatic N) is 2. The maximum atomic E-state index is 9.01. The number of anilines is 2. The minimum Gasteiger partial charge on any atom is -0.395 e. The molecule has 1 rings (SSSR count). The van der Waals surface area contributed by atoms with Gasteiger partial charge in [0.2, 0.25) is 0 Å². The minimum absolute atomic E-state index is 0.119. The zero-order valence-corrected chi connectivity index (χ0v) is 9.81. The Morgan fingerprint density at radius 1 is 1.44 bits per heavy atom. The summed E-state index contributed by atoms with van der Waals surface area (Å²) in [6.07, 6.45) is 3.54. The summed E-state index contributed by atoms with van der Waals surface area (Å²) in [5.41, 5.74) is 1.94. The van der Waals surface area contributed by atoms with Crippen molar-refractivity contribution < 1.29 is 9.84 Å². The molecule has 0 amide bonds. The normalized spacial score (nSPS) is 10.2. The fourth-order valence-electron chi connectivity index (χ4n) is 1.43. The first-order chi connectivity index (χ1) is 7.81. The molecule has 90 valence electrons. The van der Waals surface area contributed by atoms with Crippen molar-refractivity contribution >= 4 is 11.4 Å². The average molecular weight is 225 g/mol. The quantitative estimate of drug-likeness (QED) is 0.710. The Balaban J connectivity index is 2.73. The highest BCUT2D eigenvalue weighted by molar-refractivity contribution is 5.55. The van der Waals surface area contributed by atoms with Crippen molar-refractivity contribution in [2.45, 2.75) is 0 Å². The van der Waals surface area contributed by atoms with Crippen molar-refractivity contribution in [1.29, 1.82) is 0 Å². The first-order valence-corrected chi connectivity index (χ1v) is 5.29. The second-order valence-electron chi connectivity index (χ2n) is 3.39. The third kappa shape index (κ3) is 3.67. The SMILES string of the molecule is CNc1cncc(N(CCO)CCOC)c1. The lowest BCUT2D eigenvalue weighted by Crippen LogP contribution is -2.30. The molecule has 0 spiro atoms. The molecule has 0 aliphatic carbocycles. The van der Waals surface area contributed by atoms with Crippen LogP contribution in [0, 0.1) is 0 Å². The average Bonchev–Trinajstić information content (AvgIpc) is 2.34. The molecule has 0 atom stereocenters. The van der Waals surface area contributed by atoms with Crippen LogP contribution in [0.15, 0.2) is 18.5 Å². The second kappa shape index (κ2) is 7.03. The van der Waals surface area contributed by atoms with Gasteiger partial charge in [-0.15, -0.1) is 0 Å². The summed E-state index contributed by atoms with van der Waals surface area (Å²) in [7, 11) is 3.52. The van der Waals surface area contributed by atoms with Crippen molar-refractivity contribution in [3.63, 3.8) is 0 Å². The number of ether oxygens (including phenoxy) is 1. The van der Waals surface area contributed by atoms with Gasteiger partial charge >= 0.3 is 0 Å². The van der Waals surface area contributed by atoms with Crippen LogP contribution < -0.4 is 10.2 Å². The largest absolute Gasteiger partial charge is 0.395 e. The molecule has 5 nitrogen and oxygen atoms in total. The number of aliphatic hydroxyl groups is 1. The van der Waals surface area contributed by atoms with Crippen LogP contribution in [0.25, 0.3) is 0 Å². The zero-order chi connectivity index (χ0) is 11.8. The van der Waals surface area contributed by atoms with E-state index in [1.54, 1.807) is 19.5 Å². The molecule has 1 heterocycles. The van der Waals surface area contributed by atoms with Crippen molar-refractivity contribution in [2.24, 2.45) is 0 Å². The van der Waals surface area contributed by atoms with E-state index < -0.39 is 0 Å². The number of methoxy groups -OCH3 is 1. The predicted octanol–water partition coefficient (Wildman–Crippen LogP) is 0.568. The van der Waals surface area contributed by atoms with E-state index >= 15 is 0 Å². The van der Waals surface area contributed by atoms with Gasteiger partial charge in [-0.1, -0.05) is 0 Å². The van der Waals surface area contributed by atoms with E-state index in [9.17, 15) is 0 Å². The van der Waals surface area contributed by atoms with Crippen LogP contribution in [0.5, 0.6) is 0 Å². The maximum Gasteiger partial charge on any atom is 0.0637 e. The van der Waals surface area contributed by atoms with Crippen LogP contribution in [0.4, 0.5) is 11.4 Å². The number of aromatic nitrogens is 1. The number of pyridine rings is 1. The van der Waals surface area contributed by atoms with Gasteiger partial charge in [-0.25, -0.2) is 0 Å². The first-order valence-electron chi connectivity index (χ1n) is 5.29. The molecule has 0 radical (unpaired) electrons. The molecule has 0 aliphatic rings. The second-order valence-corrected chi connectivity index (χ2v) is 3.39. The van der Waals surface area contributed by atoms with Gasteiger partial charge in [-0.05, 0) is 6.07 Å². The minimum atomic E-state index is 0.119. The Kier molecular flexibility index (Phi) is 5.60. The van der Waals surface area contributed by atoms with E-state index in [0.29, 0.717) is 13.2 Å². The zero-order valence-electron chi connectivity index (χ0n) is 9.81. The highest BCUT2D eigenvalue weighted by Crippen LogP contribution is 2.16. The van der Waals surface area contributed by atoms with Gasteiger partial charge in [0.05, 0.1) is 37.0 Å². The van der Waals surface area contributed by atoms with Gasteiger partial charge in [0, 0.05) is 27.2 Å². The van der Waals surface area contributed by atoms with Crippen molar-refractivity contribution in [1.82, 2.24) is 4.98 Å². The molecule has 0 aliphatic heterocycles. The van der Waals surface area contributed by atoms with Gasteiger partial charge in [0.1, 0.15) is 0 Å². The molecular weight excluding hydrogens is 206 g/mol. The summed E-state index contributed by atoms with van der Waals surface area (Å²) in [6, 6.07) is 2.00. The summed E-state index contributed by atoms with van der Waals surface area (Å²) in [6.45, 7) is 2.07. The maximum absolute atomic E-state index is 9.01.